The van der Waals surface area contributed by atoms with Crippen LogP contribution in [0.25, 0.3) is 0 Å². The molecule has 1 amide bonds. The molecular weight excluding hydrogens is 264 g/mol. The van der Waals surface area contributed by atoms with Gasteiger partial charge in [-0.15, -0.1) is 0 Å². The average Bonchev–Trinajstić information content (AvgIpc) is 2.90. The van der Waals surface area contributed by atoms with Crippen molar-refractivity contribution in [1.29, 1.82) is 0 Å². The molecule has 0 aliphatic carbocycles. The molecule has 0 saturated carbocycles. The zero-order valence-corrected chi connectivity index (χ0v) is 11.7. The van der Waals surface area contributed by atoms with Crippen LogP contribution in [0.4, 0.5) is 5.69 Å². The number of rotatable bonds is 4. The zero-order chi connectivity index (χ0) is 14.7. The molecule has 1 aliphatic rings. The number of carbonyl (C=O) groups is 1. The predicted molar refractivity (Wildman–Crippen MR) is 82.5 cm³/mol. The molecule has 0 spiro atoms. The first-order chi connectivity index (χ1) is 10.3. The van der Waals surface area contributed by atoms with Gasteiger partial charge in [0.1, 0.15) is 11.5 Å². The van der Waals surface area contributed by atoms with Crippen LogP contribution in [0.5, 0.6) is 11.5 Å². The monoisotopic (exact) mass is 282 g/mol. The topological polar surface area (TPSA) is 55.6 Å². The first-order valence-electron chi connectivity index (χ1n) is 7.09. The van der Waals surface area contributed by atoms with Gasteiger partial charge in [-0.2, -0.15) is 0 Å². The maximum absolute atomic E-state index is 12.0. The van der Waals surface area contributed by atoms with E-state index in [1.54, 1.807) is 4.90 Å². The second-order valence-corrected chi connectivity index (χ2v) is 5.22. The summed E-state index contributed by atoms with van der Waals surface area (Å²) in [6.07, 6.45) is 0.540. The van der Waals surface area contributed by atoms with E-state index in [1.807, 2.05) is 54.6 Å². The van der Waals surface area contributed by atoms with Gasteiger partial charge in [0.15, 0.2) is 0 Å². The van der Waals surface area contributed by atoms with Crippen molar-refractivity contribution >= 4 is 11.6 Å². The van der Waals surface area contributed by atoms with E-state index in [0.717, 1.165) is 17.2 Å². The van der Waals surface area contributed by atoms with Gasteiger partial charge in [-0.1, -0.05) is 18.2 Å². The molecule has 1 heterocycles. The van der Waals surface area contributed by atoms with Gasteiger partial charge >= 0.3 is 0 Å². The van der Waals surface area contributed by atoms with Gasteiger partial charge in [0.25, 0.3) is 0 Å². The minimum absolute atomic E-state index is 0.141. The molecule has 0 radical (unpaired) electrons. The SMILES string of the molecule is NCC1CC(=O)N(c2ccc(Oc3ccccc3)cc2)C1. The molecule has 1 fully saturated rings. The van der Waals surface area contributed by atoms with Gasteiger partial charge in [0, 0.05) is 18.7 Å². The first kappa shape index (κ1) is 13.6. The lowest BCUT2D eigenvalue weighted by molar-refractivity contribution is -0.117. The molecule has 3 rings (SSSR count). The number of hydrogen-bond acceptors (Lipinski definition) is 3. The maximum Gasteiger partial charge on any atom is 0.227 e. The van der Waals surface area contributed by atoms with Crippen LogP contribution in [-0.2, 0) is 4.79 Å². The van der Waals surface area contributed by atoms with Crippen molar-refractivity contribution in [3.63, 3.8) is 0 Å². The third-order valence-corrected chi connectivity index (χ3v) is 3.67. The Morgan fingerprint density at radius 1 is 1.05 bits per heavy atom. The molecular formula is C17H18N2O2. The van der Waals surface area contributed by atoms with E-state index in [-0.39, 0.29) is 11.8 Å². The Kier molecular flexibility index (Phi) is 3.88. The van der Waals surface area contributed by atoms with Crippen LogP contribution in [0.3, 0.4) is 0 Å². The molecule has 2 N–H and O–H groups in total. The number of anilines is 1. The fourth-order valence-corrected chi connectivity index (χ4v) is 2.51. The summed E-state index contributed by atoms with van der Waals surface area (Å²) in [6, 6.07) is 17.2. The molecule has 108 valence electrons. The lowest BCUT2D eigenvalue weighted by Crippen LogP contribution is -2.25. The van der Waals surface area contributed by atoms with E-state index in [4.69, 9.17) is 10.5 Å². The molecule has 4 nitrogen and oxygen atoms in total. The Morgan fingerprint density at radius 2 is 1.71 bits per heavy atom. The summed E-state index contributed by atoms with van der Waals surface area (Å²) < 4.78 is 5.74. The molecule has 1 aliphatic heterocycles. The zero-order valence-electron chi connectivity index (χ0n) is 11.7. The van der Waals surface area contributed by atoms with Gasteiger partial charge in [0.05, 0.1) is 0 Å². The summed E-state index contributed by atoms with van der Waals surface area (Å²) in [4.78, 5) is 13.8. The highest BCUT2D eigenvalue weighted by Gasteiger charge is 2.29. The Bertz CT molecular complexity index is 610. The third-order valence-electron chi connectivity index (χ3n) is 3.67. The van der Waals surface area contributed by atoms with Gasteiger partial charge in [-0.3, -0.25) is 4.79 Å². The summed E-state index contributed by atoms with van der Waals surface area (Å²) in [5.74, 6) is 1.96. The van der Waals surface area contributed by atoms with Crippen molar-refractivity contribution in [1.82, 2.24) is 0 Å². The smallest absolute Gasteiger partial charge is 0.227 e. The van der Waals surface area contributed by atoms with E-state index >= 15 is 0 Å². The van der Waals surface area contributed by atoms with Gasteiger partial charge in [0.2, 0.25) is 5.91 Å². The van der Waals surface area contributed by atoms with Gasteiger partial charge < -0.3 is 15.4 Å². The summed E-state index contributed by atoms with van der Waals surface area (Å²) in [5.41, 5.74) is 6.55. The van der Waals surface area contributed by atoms with Crippen LogP contribution in [0.2, 0.25) is 0 Å². The van der Waals surface area contributed by atoms with Crippen molar-refractivity contribution in [2.24, 2.45) is 11.7 Å². The third kappa shape index (κ3) is 3.06. The first-order valence-corrected chi connectivity index (χ1v) is 7.09. The molecule has 0 aromatic heterocycles. The van der Waals surface area contributed by atoms with Crippen LogP contribution in [0, 0.1) is 5.92 Å². The summed E-state index contributed by atoms with van der Waals surface area (Å²) in [6.45, 7) is 1.26. The van der Waals surface area contributed by atoms with E-state index < -0.39 is 0 Å². The fraction of sp³-hybridized carbons (Fsp3) is 0.235. The Hall–Kier alpha value is -2.33. The predicted octanol–water partition coefficient (Wildman–Crippen LogP) is 2.79. The lowest BCUT2D eigenvalue weighted by atomic mass is 10.1. The minimum Gasteiger partial charge on any atom is -0.457 e. The summed E-state index contributed by atoms with van der Waals surface area (Å²) in [5, 5.41) is 0. The highest BCUT2D eigenvalue weighted by molar-refractivity contribution is 5.95. The molecule has 1 atom stereocenters. The molecule has 2 aromatic rings. The van der Waals surface area contributed by atoms with Crippen LogP contribution >= 0.6 is 0 Å². The van der Waals surface area contributed by atoms with E-state index in [0.29, 0.717) is 19.5 Å². The van der Waals surface area contributed by atoms with Gasteiger partial charge in [-0.05, 0) is 48.9 Å². The van der Waals surface area contributed by atoms with Crippen molar-refractivity contribution < 1.29 is 9.53 Å². The number of para-hydroxylation sites is 1. The molecule has 4 heteroatoms. The minimum atomic E-state index is 0.141. The van der Waals surface area contributed by atoms with Crippen molar-refractivity contribution in [2.75, 3.05) is 18.0 Å². The summed E-state index contributed by atoms with van der Waals surface area (Å²) in [7, 11) is 0. The Labute approximate surface area is 124 Å². The second kappa shape index (κ2) is 5.97. The number of benzene rings is 2. The number of hydrogen-bond donors (Lipinski definition) is 1. The molecule has 2 aromatic carbocycles. The maximum atomic E-state index is 12.0. The van der Waals surface area contributed by atoms with E-state index in [2.05, 4.69) is 0 Å². The number of carbonyl (C=O) groups excluding carboxylic acids is 1. The molecule has 21 heavy (non-hydrogen) atoms. The second-order valence-electron chi connectivity index (χ2n) is 5.22. The number of ether oxygens (including phenoxy) is 1. The van der Waals surface area contributed by atoms with Crippen molar-refractivity contribution in [2.45, 2.75) is 6.42 Å². The number of nitrogens with zero attached hydrogens (tertiary/aromatic N) is 1. The Balaban J connectivity index is 1.71. The molecule has 1 unspecified atom stereocenters. The molecule has 0 bridgehead atoms. The summed E-state index contributed by atoms with van der Waals surface area (Å²) >= 11 is 0. The van der Waals surface area contributed by atoms with Gasteiger partial charge in [-0.25, -0.2) is 0 Å². The fourth-order valence-electron chi connectivity index (χ4n) is 2.51. The normalized spacial score (nSPS) is 18.0. The number of amides is 1. The van der Waals surface area contributed by atoms with Crippen molar-refractivity contribution in [3.05, 3.63) is 54.6 Å². The average molecular weight is 282 g/mol. The van der Waals surface area contributed by atoms with E-state index in [9.17, 15) is 4.79 Å². The van der Waals surface area contributed by atoms with Crippen LogP contribution in [0.1, 0.15) is 6.42 Å². The standard InChI is InChI=1S/C17H18N2O2/c18-11-13-10-17(20)19(12-13)14-6-8-16(9-7-14)21-15-4-2-1-3-5-15/h1-9,13H,10-12,18H2. The quantitative estimate of drug-likeness (QED) is 0.938. The van der Waals surface area contributed by atoms with Crippen LogP contribution in [0.15, 0.2) is 54.6 Å². The highest BCUT2D eigenvalue weighted by atomic mass is 16.5. The number of nitrogens with two attached hydrogens (primary N) is 1. The molecule has 1 saturated heterocycles. The van der Waals surface area contributed by atoms with Crippen LogP contribution < -0.4 is 15.4 Å². The largest absolute Gasteiger partial charge is 0.457 e. The lowest BCUT2D eigenvalue weighted by Gasteiger charge is -2.17. The van der Waals surface area contributed by atoms with Crippen LogP contribution in [-0.4, -0.2) is 19.0 Å². The van der Waals surface area contributed by atoms with E-state index in [1.165, 1.54) is 0 Å². The van der Waals surface area contributed by atoms with Crippen molar-refractivity contribution in [3.8, 4) is 11.5 Å². The Morgan fingerprint density at radius 3 is 2.33 bits per heavy atom. The highest BCUT2D eigenvalue weighted by Crippen LogP contribution is 2.28.